The lowest BCUT2D eigenvalue weighted by molar-refractivity contribution is 1.07. The molecule has 0 unspecified atom stereocenters. The van der Waals surface area contributed by atoms with Crippen LogP contribution in [0.1, 0.15) is 0 Å². The Balaban J connectivity index is 1.10. The van der Waals surface area contributed by atoms with Crippen LogP contribution >= 0.6 is 0 Å². The van der Waals surface area contributed by atoms with Crippen LogP contribution in [0.3, 0.4) is 0 Å². The Kier molecular flexibility index (Phi) is 7.78. The van der Waals surface area contributed by atoms with Crippen LogP contribution in [0.15, 0.2) is 206 Å². The summed E-state index contributed by atoms with van der Waals surface area (Å²) in [5.41, 5.74) is 10.7. The molecule has 0 spiro atoms. The third-order valence-electron chi connectivity index (χ3n) is 11.0. The van der Waals surface area contributed by atoms with E-state index in [4.69, 9.17) is 15.0 Å². The smallest absolute Gasteiger partial charge is 0.164 e. The van der Waals surface area contributed by atoms with Crippen molar-refractivity contribution >= 4 is 43.4 Å². The maximum absolute atomic E-state index is 5.24. The van der Waals surface area contributed by atoms with Gasteiger partial charge in [0.15, 0.2) is 17.5 Å². The second kappa shape index (κ2) is 13.6. The van der Waals surface area contributed by atoms with Crippen LogP contribution in [0.4, 0.5) is 0 Å². The molecule has 0 bridgehead atoms. The second-order valence-electron chi connectivity index (χ2n) is 14.4. The van der Waals surface area contributed by atoms with Gasteiger partial charge in [0.05, 0.1) is 11.0 Å². The van der Waals surface area contributed by atoms with Gasteiger partial charge in [-0.15, -0.1) is 0 Å². The number of aromatic nitrogens is 4. The van der Waals surface area contributed by atoms with E-state index in [-0.39, 0.29) is 0 Å². The number of fused-ring (bicyclic) bond motifs is 5. The van der Waals surface area contributed by atoms with Crippen molar-refractivity contribution in [3.63, 3.8) is 0 Å². The molecule has 57 heavy (non-hydrogen) atoms. The lowest BCUT2D eigenvalue weighted by Crippen LogP contribution is -2.02. The predicted molar refractivity (Wildman–Crippen MR) is 236 cm³/mol. The van der Waals surface area contributed by atoms with Gasteiger partial charge in [-0.1, -0.05) is 170 Å². The van der Waals surface area contributed by atoms with Crippen molar-refractivity contribution in [3.8, 4) is 62.1 Å². The molecule has 4 nitrogen and oxygen atoms in total. The van der Waals surface area contributed by atoms with Crippen LogP contribution in [0.25, 0.3) is 105 Å². The number of hydrogen-bond acceptors (Lipinski definition) is 3. The van der Waals surface area contributed by atoms with Gasteiger partial charge in [-0.3, -0.25) is 0 Å². The van der Waals surface area contributed by atoms with Gasteiger partial charge >= 0.3 is 0 Å². The normalized spacial score (nSPS) is 11.5. The van der Waals surface area contributed by atoms with Crippen molar-refractivity contribution in [3.05, 3.63) is 206 Å². The molecule has 0 fully saturated rings. The zero-order valence-corrected chi connectivity index (χ0v) is 30.9. The highest BCUT2D eigenvalue weighted by atomic mass is 15.0. The highest BCUT2D eigenvalue weighted by Crippen LogP contribution is 2.39. The van der Waals surface area contributed by atoms with Crippen LogP contribution in [0.5, 0.6) is 0 Å². The molecule has 0 amide bonds. The average molecular weight is 727 g/mol. The molecule has 4 heteroatoms. The van der Waals surface area contributed by atoms with Crippen LogP contribution in [0.2, 0.25) is 0 Å². The first-order chi connectivity index (χ1) is 28.2. The number of hydrogen-bond donors (Lipinski definition) is 0. The van der Waals surface area contributed by atoms with Gasteiger partial charge < -0.3 is 4.57 Å². The zero-order chi connectivity index (χ0) is 37.7. The molecule has 0 aliphatic carbocycles. The molecule has 11 rings (SSSR count). The molecule has 2 heterocycles. The summed E-state index contributed by atoms with van der Waals surface area (Å²) in [6, 6.07) is 72.9. The summed E-state index contributed by atoms with van der Waals surface area (Å²) in [6.07, 6.45) is 0. The molecule has 0 saturated carbocycles. The molecule has 0 aliphatic rings. The molecule has 0 atom stereocenters. The van der Waals surface area contributed by atoms with Gasteiger partial charge in [0.1, 0.15) is 0 Å². The van der Waals surface area contributed by atoms with E-state index < -0.39 is 0 Å². The third-order valence-corrected chi connectivity index (χ3v) is 11.0. The maximum Gasteiger partial charge on any atom is 0.164 e. The van der Waals surface area contributed by atoms with E-state index in [1.54, 1.807) is 0 Å². The van der Waals surface area contributed by atoms with Gasteiger partial charge in [0.2, 0.25) is 0 Å². The first kappa shape index (κ1) is 32.7. The van der Waals surface area contributed by atoms with Crippen LogP contribution in [0, 0.1) is 0 Å². The Bertz CT molecular complexity index is 3270. The summed E-state index contributed by atoms with van der Waals surface area (Å²) in [5.74, 6) is 1.88. The molecular weight excluding hydrogens is 693 g/mol. The monoisotopic (exact) mass is 726 g/mol. The van der Waals surface area contributed by atoms with E-state index in [0.717, 1.165) is 44.6 Å². The largest absolute Gasteiger partial charge is 0.309 e. The Morgan fingerprint density at radius 1 is 0.281 bits per heavy atom. The van der Waals surface area contributed by atoms with Gasteiger partial charge in [0.25, 0.3) is 0 Å². The zero-order valence-electron chi connectivity index (χ0n) is 30.9. The molecule has 11 aromatic rings. The quantitative estimate of drug-likeness (QED) is 0.171. The molecular formula is C53H34N4. The lowest BCUT2D eigenvalue weighted by Gasteiger charge is -2.15. The highest BCUT2D eigenvalue weighted by Gasteiger charge is 2.19. The number of rotatable bonds is 6. The molecule has 0 saturated heterocycles. The number of nitrogens with zero attached hydrogens (tertiary/aromatic N) is 4. The third kappa shape index (κ3) is 5.74. The summed E-state index contributed by atoms with van der Waals surface area (Å²) < 4.78 is 2.39. The van der Waals surface area contributed by atoms with Crippen molar-refractivity contribution in [2.75, 3.05) is 0 Å². The summed E-state index contributed by atoms with van der Waals surface area (Å²) in [5, 5.41) is 7.36. The average Bonchev–Trinajstić information content (AvgIpc) is 3.61. The molecule has 2 aromatic heterocycles. The second-order valence-corrected chi connectivity index (χ2v) is 14.4. The van der Waals surface area contributed by atoms with Gasteiger partial charge in [-0.05, 0) is 80.2 Å². The van der Waals surface area contributed by atoms with E-state index in [1.807, 2.05) is 18.2 Å². The van der Waals surface area contributed by atoms with Gasteiger partial charge in [-0.25, -0.2) is 15.0 Å². The number of benzene rings is 9. The minimum Gasteiger partial charge on any atom is -0.309 e. The summed E-state index contributed by atoms with van der Waals surface area (Å²) in [4.78, 5) is 15.5. The highest BCUT2D eigenvalue weighted by molar-refractivity contribution is 6.13. The van der Waals surface area contributed by atoms with Crippen molar-refractivity contribution in [1.29, 1.82) is 0 Å². The fraction of sp³-hybridized carbons (Fsp3) is 0. The Morgan fingerprint density at radius 2 is 0.825 bits per heavy atom. The van der Waals surface area contributed by atoms with E-state index in [9.17, 15) is 0 Å². The molecule has 266 valence electrons. The van der Waals surface area contributed by atoms with Crippen LogP contribution < -0.4 is 0 Å². The van der Waals surface area contributed by atoms with Crippen LogP contribution in [-0.2, 0) is 0 Å². The molecule has 9 aromatic carbocycles. The maximum atomic E-state index is 5.24. The van der Waals surface area contributed by atoms with Crippen molar-refractivity contribution in [2.45, 2.75) is 0 Å². The van der Waals surface area contributed by atoms with Gasteiger partial charge in [0, 0.05) is 33.2 Å². The molecule has 0 N–H and O–H groups in total. The SMILES string of the molecule is c1ccc(-c2nc(-c3ccc(-c4cccc5ccccc45)cc3)nc(-c3ccc(-n4c5ccccc5c5cc6ccccc6cc54)cc3-c3ccccc3)n2)cc1. The van der Waals surface area contributed by atoms with E-state index >= 15 is 0 Å². The lowest BCUT2D eigenvalue weighted by atomic mass is 9.97. The fourth-order valence-corrected chi connectivity index (χ4v) is 8.27. The first-order valence-corrected chi connectivity index (χ1v) is 19.3. The molecule has 0 aliphatic heterocycles. The summed E-state index contributed by atoms with van der Waals surface area (Å²) >= 11 is 0. The van der Waals surface area contributed by atoms with Crippen molar-refractivity contribution in [1.82, 2.24) is 19.5 Å². The summed E-state index contributed by atoms with van der Waals surface area (Å²) in [6.45, 7) is 0. The topological polar surface area (TPSA) is 43.6 Å². The van der Waals surface area contributed by atoms with Crippen molar-refractivity contribution in [2.24, 2.45) is 0 Å². The molecule has 0 radical (unpaired) electrons. The summed E-state index contributed by atoms with van der Waals surface area (Å²) in [7, 11) is 0. The minimum absolute atomic E-state index is 0.621. The van der Waals surface area contributed by atoms with E-state index in [0.29, 0.717) is 17.5 Å². The standard InChI is InChI=1S/C53H34N4/c1-3-14-36(15-4-1)47-34-42(57-49-25-12-11-23-45(49)48-32-40-19-7-8-20-41(40)33-50(48)57)30-31-46(47)53-55-51(38-17-5-2-6-18-38)54-52(56-53)39-28-26-37(27-29-39)44-24-13-21-35-16-9-10-22-43(35)44/h1-34H. The Hall–Kier alpha value is -7.69. The first-order valence-electron chi connectivity index (χ1n) is 19.3. The van der Waals surface area contributed by atoms with E-state index in [1.165, 1.54) is 43.4 Å². The van der Waals surface area contributed by atoms with Crippen LogP contribution in [-0.4, -0.2) is 19.5 Å². The van der Waals surface area contributed by atoms with Gasteiger partial charge in [-0.2, -0.15) is 0 Å². The number of para-hydroxylation sites is 1. The predicted octanol–water partition coefficient (Wildman–Crippen LogP) is 13.6. The van der Waals surface area contributed by atoms with E-state index in [2.05, 4.69) is 193 Å². The Labute approximate surface area is 330 Å². The Morgan fingerprint density at radius 3 is 1.58 bits per heavy atom. The minimum atomic E-state index is 0.621. The fourth-order valence-electron chi connectivity index (χ4n) is 8.27. The van der Waals surface area contributed by atoms with Crippen molar-refractivity contribution < 1.29 is 0 Å².